The van der Waals surface area contributed by atoms with Crippen molar-refractivity contribution in [1.82, 2.24) is 10.1 Å². The summed E-state index contributed by atoms with van der Waals surface area (Å²) in [5, 5.41) is 4.34. The van der Waals surface area contributed by atoms with Gasteiger partial charge in [-0.15, -0.1) is 0 Å². The number of hydrogen-bond acceptors (Lipinski definition) is 7. The van der Waals surface area contributed by atoms with Gasteiger partial charge in [0.2, 0.25) is 11.6 Å². The van der Waals surface area contributed by atoms with E-state index < -0.39 is 5.97 Å². The molecule has 0 saturated heterocycles. The second kappa shape index (κ2) is 7.94. The fourth-order valence-corrected chi connectivity index (χ4v) is 3.02. The average Bonchev–Trinajstić information content (AvgIpc) is 3.21. The average molecular weight is 404 g/mol. The molecule has 0 unspecified atom stereocenters. The van der Waals surface area contributed by atoms with E-state index in [9.17, 15) is 9.59 Å². The summed E-state index contributed by atoms with van der Waals surface area (Å²) in [6.07, 6.45) is 0. The molecule has 0 radical (unpaired) electrons. The van der Waals surface area contributed by atoms with Gasteiger partial charge in [0, 0.05) is 11.6 Å². The largest absolute Gasteiger partial charge is 0.450 e. The van der Waals surface area contributed by atoms with Crippen molar-refractivity contribution in [2.45, 2.75) is 33.3 Å². The Balaban J connectivity index is 1.46. The lowest BCUT2D eigenvalue weighted by molar-refractivity contribution is 0.0394. The quantitative estimate of drug-likeness (QED) is 0.447. The predicted octanol–water partition coefficient (Wildman–Crippen LogP) is 4.63. The first-order chi connectivity index (χ1) is 14.4. The van der Waals surface area contributed by atoms with E-state index in [0.29, 0.717) is 22.7 Å². The second-order valence-electron chi connectivity index (χ2n) is 7.34. The summed E-state index contributed by atoms with van der Waals surface area (Å²) in [6.45, 7) is 5.88. The van der Waals surface area contributed by atoms with Crippen LogP contribution in [0.25, 0.3) is 22.4 Å². The number of benzene rings is 2. The highest BCUT2D eigenvalue weighted by Crippen LogP contribution is 2.21. The van der Waals surface area contributed by atoms with Crippen LogP contribution in [0.15, 0.2) is 62.3 Å². The topological polar surface area (TPSA) is 95.4 Å². The molecule has 2 aromatic heterocycles. The monoisotopic (exact) mass is 404 g/mol. The van der Waals surface area contributed by atoms with Crippen LogP contribution in [0.5, 0.6) is 0 Å². The summed E-state index contributed by atoms with van der Waals surface area (Å²) >= 11 is 0. The zero-order chi connectivity index (χ0) is 21.3. The maximum atomic E-state index is 12.3. The van der Waals surface area contributed by atoms with E-state index in [1.165, 1.54) is 5.56 Å². The predicted molar refractivity (Wildman–Crippen MR) is 110 cm³/mol. The molecule has 0 aliphatic carbocycles. The summed E-state index contributed by atoms with van der Waals surface area (Å²) in [7, 11) is 0. The van der Waals surface area contributed by atoms with Crippen molar-refractivity contribution >= 4 is 16.9 Å². The number of nitrogens with zero attached hydrogens (tertiary/aromatic N) is 2. The summed E-state index contributed by atoms with van der Waals surface area (Å²) in [6, 6.07) is 14.1. The van der Waals surface area contributed by atoms with E-state index in [0.717, 1.165) is 17.2 Å². The van der Waals surface area contributed by atoms with Crippen LogP contribution in [-0.4, -0.2) is 16.1 Å². The number of hydrogen-bond donors (Lipinski definition) is 0. The molecule has 7 heteroatoms. The molecular formula is C23H20N2O5. The Morgan fingerprint density at radius 2 is 1.87 bits per heavy atom. The van der Waals surface area contributed by atoms with Crippen molar-refractivity contribution in [1.29, 1.82) is 0 Å². The number of esters is 1. The Morgan fingerprint density at radius 1 is 1.10 bits per heavy atom. The van der Waals surface area contributed by atoms with Crippen LogP contribution in [-0.2, 0) is 11.3 Å². The molecule has 0 aliphatic rings. The molecule has 0 fully saturated rings. The van der Waals surface area contributed by atoms with Gasteiger partial charge in [-0.3, -0.25) is 4.79 Å². The number of ether oxygens (including phenoxy) is 1. The first kappa shape index (κ1) is 19.6. The van der Waals surface area contributed by atoms with Crippen LogP contribution in [0.1, 0.15) is 47.3 Å². The van der Waals surface area contributed by atoms with Gasteiger partial charge >= 0.3 is 5.97 Å². The minimum Gasteiger partial charge on any atom is -0.450 e. The first-order valence-electron chi connectivity index (χ1n) is 9.55. The van der Waals surface area contributed by atoms with Crippen molar-refractivity contribution in [3.63, 3.8) is 0 Å². The first-order valence-corrected chi connectivity index (χ1v) is 9.55. The van der Waals surface area contributed by atoms with Crippen molar-refractivity contribution in [2.75, 3.05) is 0 Å². The Hall–Kier alpha value is -3.74. The van der Waals surface area contributed by atoms with Gasteiger partial charge < -0.3 is 13.7 Å². The van der Waals surface area contributed by atoms with Crippen LogP contribution in [0, 0.1) is 6.92 Å². The highest BCUT2D eigenvalue weighted by molar-refractivity contribution is 5.89. The van der Waals surface area contributed by atoms with Crippen LogP contribution in [0.4, 0.5) is 0 Å². The minimum atomic E-state index is -0.782. The van der Waals surface area contributed by atoms with Gasteiger partial charge in [0.15, 0.2) is 12.0 Å². The third-order valence-electron chi connectivity index (χ3n) is 4.71. The van der Waals surface area contributed by atoms with Gasteiger partial charge in [-0.25, -0.2) is 4.79 Å². The number of fused-ring (bicyclic) bond motifs is 1. The molecule has 0 bridgehead atoms. The highest BCUT2D eigenvalue weighted by Gasteiger charge is 2.16. The van der Waals surface area contributed by atoms with E-state index in [1.54, 1.807) is 18.2 Å². The summed E-state index contributed by atoms with van der Waals surface area (Å²) in [5.41, 5.74) is 2.96. The summed E-state index contributed by atoms with van der Waals surface area (Å²) < 4.78 is 15.8. The fourth-order valence-electron chi connectivity index (χ4n) is 3.02. The Morgan fingerprint density at radius 3 is 2.60 bits per heavy atom. The van der Waals surface area contributed by atoms with Gasteiger partial charge in [-0.2, -0.15) is 4.98 Å². The van der Waals surface area contributed by atoms with E-state index in [-0.39, 0.29) is 23.7 Å². The van der Waals surface area contributed by atoms with Crippen LogP contribution < -0.4 is 5.43 Å². The third-order valence-corrected chi connectivity index (χ3v) is 4.71. The van der Waals surface area contributed by atoms with Crippen molar-refractivity contribution in [3.05, 3.63) is 81.5 Å². The molecule has 2 heterocycles. The highest BCUT2D eigenvalue weighted by atomic mass is 16.6. The Kier molecular flexibility index (Phi) is 5.18. The van der Waals surface area contributed by atoms with E-state index >= 15 is 0 Å². The van der Waals surface area contributed by atoms with Crippen molar-refractivity contribution < 1.29 is 18.5 Å². The van der Waals surface area contributed by atoms with Gasteiger partial charge in [0.25, 0.3) is 5.89 Å². The van der Waals surface area contributed by atoms with Crippen LogP contribution >= 0.6 is 0 Å². The van der Waals surface area contributed by atoms with Gasteiger partial charge in [0.05, 0.1) is 5.39 Å². The maximum absolute atomic E-state index is 12.3. The smallest absolute Gasteiger partial charge is 0.374 e. The molecule has 7 nitrogen and oxygen atoms in total. The number of carbonyl (C=O) groups is 1. The number of rotatable bonds is 5. The van der Waals surface area contributed by atoms with E-state index in [4.69, 9.17) is 13.7 Å². The minimum absolute atomic E-state index is 0.144. The molecule has 0 N–H and O–H groups in total. The summed E-state index contributed by atoms with van der Waals surface area (Å²) in [4.78, 5) is 28.8. The fraction of sp³-hybridized carbons (Fsp3) is 0.217. The van der Waals surface area contributed by atoms with Crippen molar-refractivity contribution in [3.8, 4) is 11.4 Å². The Bertz CT molecular complexity index is 1270. The lowest BCUT2D eigenvalue weighted by atomic mass is 10.0. The normalized spacial score (nSPS) is 11.2. The van der Waals surface area contributed by atoms with E-state index in [1.807, 2.05) is 31.2 Å². The molecule has 0 aliphatic heterocycles. The van der Waals surface area contributed by atoms with Gasteiger partial charge in [-0.05, 0) is 30.5 Å². The molecular weight excluding hydrogens is 384 g/mol. The lowest BCUT2D eigenvalue weighted by Crippen LogP contribution is -2.10. The summed E-state index contributed by atoms with van der Waals surface area (Å²) in [5.74, 6) is 0.0171. The maximum Gasteiger partial charge on any atom is 0.374 e. The molecule has 4 rings (SSSR count). The number of aryl methyl sites for hydroxylation is 1. The van der Waals surface area contributed by atoms with Crippen LogP contribution in [0.3, 0.4) is 0 Å². The molecule has 0 saturated carbocycles. The van der Waals surface area contributed by atoms with E-state index in [2.05, 4.69) is 24.0 Å². The molecule has 2 aromatic carbocycles. The SMILES string of the molecule is Cc1ccc2oc(C(=O)OCc3nc(-c4ccc(C(C)C)cc4)no3)cc(=O)c2c1. The van der Waals surface area contributed by atoms with Gasteiger partial charge in [-0.1, -0.05) is 54.9 Å². The molecule has 0 amide bonds. The molecule has 152 valence electrons. The number of aromatic nitrogens is 2. The zero-order valence-corrected chi connectivity index (χ0v) is 16.8. The molecule has 0 atom stereocenters. The lowest BCUT2D eigenvalue weighted by Gasteiger charge is -2.04. The van der Waals surface area contributed by atoms with Crippen LogP contribution in [0.2, 0.25) is 0 Å². The zero-order valence-electron chi connectivity index (χ0n) is 16.8. The third kappa shape index (κ3) is 4.00. The molecule has 4 aromatic rings. The molecule has 0 spiro atoms. The number of carbonyl (C=O) groups excluding carboxylic acids is 1. The van der Waals surface area contributed by atoms with Gasteiger partial charge in [0.1, 0.15) is 5.58 Å². The second-order valence-corrected chi connectivity index (χ2v) is 7.34. The molecule has 30 heavy (non-hydrogen) atoms. The Labute approximate surface area is 172 Å². The van der Waals surface area contributed by atoms with Crippen molar-refractivity contribution in [2.24, 2.45) is 0 Å². The standard InChI is InChI=1S/C23H20N2O5/c1-13(2)15-5-7-16(8-6-15)22-24-21(30-25-22)12-28-23(27)20-11-18(26)17-10-14(3)4-9-19(17)29-20/h4-11,13H,12H2,1-3H3.